The third-order valence-corrected chi connectivity index (χ3v) is 4.38. The van der Waals surface area contributed by atoms with E-state index >= 15 is 0 Å². The molecule has 0 bridgehead atoms. The van der Waals surface area contributed by atoms with E-state index in [2.05, 4.69) is 73.5 Å². The lowest BCUT2D eigenvalue weighted by Crippen LogP contribution is -2.10. The van der Waals surface area contributed by atoms with Crippen LogP contribution >= 0.6 is 0 Å². The van der Waals surface area contributed by atoms with Crippen molar-refractivity contribution in [2.75, 3.05) is 38.0 Å². The summed E-state index contributed by atoms with van der Waals surface area (Å²) in [6, 6.07) is 20.5. The second-order valence-electron chi connectivity index (χ2n) is 6.86. The smallest absolute Gasteiger partial charge is 0.100 e. The van der Waals surface area contributed by atoms with Crippen molar-refractivity contribution in [1.29, 1.82) is 0 Å². The fourth-order valence-corrected chi connectivity index (χ4v) is 2.72. The predicted octanol–water partition coefficient (Wildman–Crippen LogP) is 4.09. The number of nitrogens with zero attached hydrogens (tertiary/aromatic N) is 5. The van der Waals surface area contributed by atoms with Crippen LogP contribution in [0.25, 0.3) is 0 Å². The third kappa shape index (κ3) is 4.82. The fourth-order valence-electron chi connectivity index (χ4n) is 2.72. The van der Waals surface area contributed by atoms with Crippen molar-refractivity contribution in [2.24, 2.45) is 10.2 Å². The molecule has 0 spiro atoms. The number of anilines is 2. The first-order valence-electron chi connectivity index (χ1n) is 9.11. The van der Waals surface area contributed by atoms with Crippen molar-refractivity contribution in [2.45, 2.75) is 0 Å². The van der Waals surface area contributed by atoms with E-state index in [4.69, 9.17) is 0 Å². The number of rotatable bonds is 6. The minimum Gasteiger partial charge on any atom is -0.378 e. The molecule has 0 radical (unpaired) electrons. The van der Waals surface area contributed by atoms with Crippen LogP contribution in [0.5, 0.6) is 0 Å². The third-order valence-electron chi connectivity index (χ3n) is 4.38. The minimum atomic E-state index is 0.834. The van der Waals surface area contributed by atoms with Crippen molar-refractivity contribution in [3.8, 4) is 0 Å². The number of benzene rings is 2. The Balaban J connectivity index is 1.97. The van der Waals surface area contributed by atoms with Crippen molar-refractivity contribution in [3.63, 3.8) is 0 Å². The summed E-state index contributed by atoms with van der Waals surface area (Å²) in [6.45, 7) is 0. The van der Waals surface area contributed by atoms with Gasteiger partial charge in [-0.3, -0.25) is 4.98 Å². The maximum Gasteiger partial charge on any atom is 0.100 e. The average Bonchev–Trinajstić information content (AvgIpc) is 2.72. The first-order valence-corrected chi connectivity index (χ1v) is 9.11. The molecule has 0 atom stereocenters. The van der Waals surface area contributed by atoms with E-state index in [9.17, 15) is 0 Å². The highest BCUT2D eigenvalue weighted by Crippen LogP contribution is 2.19. The van der Waals surface area contributed by atoms with E-state index in [-0.39, 0.29) is 0 Å². The predicted molar refractivity (Wildman–Crippen MR) is 119 cm³/mol. The summed E-state index contributed by atoms with van der Waals surface area (Å²) in [6.07, 6.45) is 5.22. The van der Waals surface area contributed by atoms with Gasteiger partial charge in [0.2, 0.25) is 0 Å². The van der Waals surface area contributed by atoms with Crippen LogP contribution in [-0.4, -0.2) is 45.1 Å². The van der Waals surface area contributed by atoms with Crippen LogP contribution in [0.3, 0.4) is 0 Å². The summed E-state index contributed by atoms with van der Waals surface area (Å²) in [5.41, 5.74) is 6.13. The second kappa shape index (κ2) is 8.95. The molecule has 142 valence electrons. The van der Waals surface area contributed by atoms with E-state index in [1.54, 1.807) is 18.6 Å². The Hall–Kier alpha value is -3.47. The van der Waals surface area contributed by atoms with Crippen LogP contribution in [0, 0.1) is 0 Å². The normalized spacial score (nSPS) is 10.7. The Morgan fingerprint density at radius 3 is 1.61 bits per heavy atom. The lowest BCUT2D eigenvalue weighted by molar-refractivity contribution is 1.13. The van der Waals surface area contributed by atoms with Crippen molar-refractivity contribution < 1.29 is 0 Å². The van der Waals surface area contributed by atoms with Crippen LogP contribution < -0.4 is 9.80 Å². The van der Waals surface area contributed by atoms with Gasteiger partial charge in [-0.2, -0.15) is 5.10 Å². The minimum absolute atomic E-state index is 0.834. The lowest BCUT2D eigenvalue weighted by atomic mass is 10.0. The van der Waals surface area contributed by atoms with Gasteiger partial charge in [0, 0.05) is 63.1 Å². The highest BCUT2D eigenvalue weighted by molar-refractivity contribution is 6.13. The molecular formula is C23H25N5. The number of pyridine rings is 1. The highest BCUT2D eigenvalue weighted by atomic mass is 15.2. The molecule has 0 aliphatic heterocycles. The summed E-state index contributed by atoms with van der Waals surface area (Å²) >= 11 is 0. The summed E-state index contributed by atoms with van der Waals surface area (Å²) in [5, 5.41) is 8.87. The quantitative estimate of drug-likeness (QED) is 0.484. The molecule has 2 aromatic carbocycles. The van der Waals surface area contributed by atoms with Gasteiger partial charge in [0.1, 0.15) is 5.71 Å². The Morgan fingerprint density at radius 1 is 0.714 bits per heavy atom. The molecule has 5 heteroatoms. The number of aromatic nitrogens is 1. The Labute approximate surface area is 166 Å². The summed E-state index contributed by atoms with van der Waals surface area (Å²) < 4.78 is 0. The Bertz CT molecular complexity index is 887. The van der Waals surface area contributed by atoms with Crippen LogP contribution in [0.15, 0.2) is 83.3 Å². The van der Waals surface area contributed by atoms with Gasteiger partial charge in [-0.25, -0.2) is 0 Å². The van der Waals surface area contributed by atoms with Crippen LogP contribution in [0.4, 0.5) is 11.4 Å². The van der Waals surface area contributed by atoms with E-state index in [0.717, 1.165) is 33.8 Å². The van der Waals surface area contributed by atoms with Gasteiger partial charge in [0.05, 0.1) is 6.21 Å². The van der Waals surface area contributed by atoms with Gasteiger partial charge in [-0.05, 0) is 42.0 Å². The topological polar surface area (TPSA) is 44.1 Å². The number of hydrogen-bond acceptors (Lipinski definition) is 5. The molecule has 5 nitrogen and oxygen atoms in total. The van der Waals surface area contributed by atoms with Gasteiger partial charge in [0.25, 0.3) is 0 Å². The zero-order valence-corrected chi connectivity index (χ0v) is 16.7. The molecule has 0 saturated heterocycles. The molecule has 0 amide bonds. The number of hydrogen-bond donors (Lipinski definition) is 0. The largest absolute Gasteiger partial charge is 0.378 e. The monoisotopic (exact) mass is 371 g/mol. The summed E-state index contributed by atoms with van der Waals surface area (Å²) in [5.74, 6) is 0. The zero-order chi connectivity index (χ0) is 19.9. The van der Waals surface area contributed by atoms with Crippen LogP contribution in [0.2, 0.25) is 0 Å². The van der Waals surface area contributed by atoms with Crippen LogP contribution in [-0.2, 0) is 0 Å². The van der Waals surface area contributed by atoms with Crippen molar-refractivity contribution in [3.05, 3.63) is 89.7 Å². The SMILES string of the molecule is CN(C)c1ccc(C(=N/N=C/c2ccncc2)c2ccc(N(C)C)cc2)cc1. The Kier molecular flexibility index (Phi) is 6.17. The molecule has 0 saturated carbocycles. The van der Waals surface area contributed by atoms with Crippen molar-refractivity contribution >= 4 is 23.3 Å². The van der Waals surface area contributed by atoms with Crippen LogP contribution in [0.1, 0.15) is 16.7 Å². The lowest BCUT2D eigenvalue weighted by Gasteiger charge is -2.15. The maximum atomic E-state index is 4.55. The standard InChI is InChI=1S/C23H25N5/c1-27(2)21-9-5-19(6-10-21)23(20-7-11-22(12-8-20)28(3)4)26-25-17-18-13-15-24-16-14-18/h5-17H,1-4H3/b25-17+. The first kappa shape index (κ1) is 19.3. The van der Waals surface area contributed by atoms with E-state index in [0.29, 0.717) is 0 Å². The maximum absolute atomic E-state index is 4.55. The molecule has 0 N–H and O–H groups in total. The summed E-state index contributed by atoms with van der Waals surface area (Å²) in [7, 11) is 8.12. The molecule has 0 aliphatic rings. The molecule has 0 fully saturated rings. The van der Waals surface area contributed by atoms with Gasteiger partial charge in [0.15, 0.2) is 0 Å². The molecule has 3 rings (SSSR count). The summed E-state index contributed by atoms with van der Waals surface area (Å²) in [4.78, 5) is 8.18. The average molecular weight is 371 g/mol. The second-order valence-corrected chi connectivity index (χ2v) is 6.86. The van der Waals surface area contributed by atoms with Gasteiger partial charge in [-0.15, -0.1) is 5.10 Å². The Morgan fingerprint density at radius 2 is 1.18 bits per heavy atom. The molecule has 0 aliphatic carbocycles. The molecule has 3 aromatic rings. The van der Waals surface area contributed by atoms with Gasteiger partial charge < -0.3 is 9.80 Å². The van der Waals surface area contributed by atoms with E-state index < -0.39 is 0 Å². The van der Waals surface area contributed by atoms with E-state index in [1.807, 2.05) is 40.3 Å². The fraction of sp³-hybridized carbons (Fsp3) is 0.174. The molecular weight excluding hydrogens is 346 g/mol. The molecule has 1 aromatic heterocycles. The molecule has 28 heavy (non-hydrogen) atoms. The van der Waals surface area contributed by atoms with E-state index in [1.165, 1.54) is 0 Å². The zero-order valence-electron chi connectivity index (χ0n) is 16.7. The van der Waals surface area contributed by atoms with Gasteiger partial charge >= 0.3 is 0 Å². The molecule has 1 heterocycles. The highest BCUT2D eigenvalue weighted by Gasteiger charge is 2.08. The van der Waals surface area contributed by atoms with Gasteiger partial charge in [-0.1, -0.05) is 24.3 Å². The molecule has 0 unspecified atom stereocenters. The first-order chi connectivity index (χ1) is 13.5. The van der Waals surface area contributed by atoms with Crippen molar-refractivity contribution in [1.82, 2.24) is 4.98 Å².